The van der Waals surface area contributed by atoms with Crippen LogP contribution < -0.4 is 5.32 Å². The normalized spacial score (nSPS) is 21.9. The fourth-order valence-corrected chi connectivity index (χ4v) is 4.86. The molecule has 4 nitrogen and oxygen atoms in total. The van der Waals surface area contributed by atoms with Gasteiger partial charge in [-0.3, -0.25) is 4.79 Å². The molecule has 1 saturated carbocycles. The van der Waals surface area contributed by atoms with Crippen molar-refractivity contribution in [2.24, 2.45) is 5.92 Å². The lowest BCUT2D eigenvalue weighted by Gasteiger charge is -2.26. The van der Waals surface area contributed by atoms with Gasteiger partial charge in [0.05, 0.1) is 0 Å². The first-order chi connectivity index (χ1) is 10.7. The Bertz CT molecular complexity index is 662. The van der Waals surface area contributed by atoms with E-state index >= 15 is 0 Å². The topological polar surface area (TPSA) is 54.9 Å². The van der Waals surface area contributed by atoms with Crippen LogP contribution in [-0.4, -0.2) is 26.9 Å². The Kier molecular flexibility index (Phi) is 4.98. The summed E-state index contributed by atoms with van der Waals surface area (Å²) in [5.74, 6) is 1.42. The number of nitrogens with zero attached hydrogens (tertiary/aromatic N) is 2. The highest BCUT2D eigenvalue weighted by Crippen LogP contribution is 2.33. The number of thiazole rings is 1. The molecule has 22 heavy (non-hydrogen) atoms. The molecule has 1 aliphatic rings. The van der Waals surface area contributed by atoms with Gasteiger partial charge in [-0.25, -0.2) is 9.97 Å². The molecule has 1 amide bonds. The summed E-state index contributed by atoms with van der Waals surface area (Å²) in [6.45, 7) is 4.16. The van der Waals surface area contributed by atoms with E-state index in [1.54, 1.807) is 0 Å². The zero-order valence-electron chi connectivity index (χ0n) is 13.0. The van der Waals surface area contributed by atoms with Crippen LogP contribution in [0.15, 0.2) is 12.1 Å². The summed E-state index contributed by atoms with van der Waals surface area (Å²) in [6, 6.07) is 3.90. The van der Waals surface area contributed by atoms with Crippen LogP contribution in [0.25, 0.3) is 10.3 Å². The number of thioether (sulfide) groups is 1. The van der Waals surface area contributed by atoms with E-state index in [1.807, 2.05) is 30.8 Å². The molecule has 0 unspecified atom stereocenters. The number of hydrogen-bond donors (Lipinski definition) is 1. The van der Waals surface area contributed by atoms with Crippen molar-refractivity contribution in [1.82, 2.24) is 9.97 Å². The van der Waals surface area contributed by atoms with Gasteiger partial charge in [0.1, 0.15) is 10.3 Å². The van der Waals surface area contributed by atoms with Crippen molar-refractivity contribution in [3.63, 3.8) is 0 Å². The Balaban J connectivity index is 1.61. The van der Waals surface area contributed by atoms with Crippen LogP contribution in [0.1, 0.15) is 38.3 Å². The first-order valence-electron chi connectivity index (χ1n) is 7.82. The monoisotopic (exact) mass is 335 g/mol. The standard InChI is InChI=1S/C16H21N3OS2/c1-3-21-12-7-5-11(6-8-12)14(20)19-16-18-13-9-4-10(2)17-15(13)22-16/h4,9,11-12H,3,5-8H2,1-2H3,(H,18,19,20). The smallest absolute Gasteiger partial charge is 0.229 e. The molecule has 2 heterocycles. The molecule has 118 valence electrons. The number of hydrogen-bond acceptors (Lipinski definition) is 5. The van der Waals surface area contributed by atoms with Gasteiger partial charge >= 0.3 is 0 Å². The second-order valence-electron chi connectivity index (χ2n) is 5.71. The van der Waals surface area contributed by atoms with Crippen molar-refractivity contribution in [1.29, 1.82) is 0 Å². The minimum absolute atomic E-state index is 0.121. The molecule has 0 spiro atoms. The van der Waals surface area contributed by atoms with Crippen molar-refractivity contribution >= 4 is 44.5 Å². The Morgan fingerprint density at radius 3 is 2.82 bits per heavy atom. The number of aromatic nitrogens is 2. The number of fused-ring (bicyclic) bond motifs is 1. The number of nitrogens with one attached hydrogen (secondary N) is 1. The minimum atomic E-state index is 0.121. The number of aryl methyl sites for hydroxylation is 1. The van der Waals surface area contributed by atoms with Crippen LogP contribution >= 0.6 is 23.1 Å². The second kappa shape index (κ2) is 6.96. The second-order valence-corrected chi connectivity index (χ2v) is 8.27. The number of carbonyl (C=O) groups is 1. The van der Waals surface area contributed by atoms with Crippen LogP contribution in [-0.2, 0) is 4.79 Å². The molecule has 6 heteroatoms. The molecular weight excluding hydrogens is 314 g/mol. The summed E-state index contributed by atoms with van der Waals surface area (Å²) in [5, 5.41) is 4.40. The van der Waals surface area contributed by atoms with Gasteiger partial charge in [0.2, 0.25) is 5.91 Å². The van der Waals surface area contributed by atoms with Crippen LogP contribution in [0.3, 0.4) is 0 Å². The molecule has 0 saturated heterocycles. The highest BCUT2D eigenvalue weighted by molar-refractivity contribution is 7.99. The van der Waals surface area contributed by atoms with E-state index in [-0.39, 0.29) is 11.8 Å². The molecule has 0 aliphatic heterocycles. The Labute approximate surface area is 139 Å². The maximum Gasteiger partial charge on any atom is 0.229 e. The van der Waals surface area contributed by atoms with Gasteiger partial charge in [0.25, 0.3) is 0 Å². The summed E-state index contributed by atoms with van der Waals surface area (Å²) in [4.78, 5) is 22.2. The Hall–Kier alpha value is -1.14. The van der Waals surface area contributed by atoms with E-state index in [1.165, 1.54) is 17.1 Å². The highest BCUT2D eigenvalue weighted by Gasteiger charge is 2.26. The summed E-state index contributed by atoms with van der Waals surface area (Å²) in [5.41, 5.74) is 1.83. The quantitative estimate of drug-likeness (QED) is 0.907. The van der Waals surface area contributed by atoms with Gasteiger partial charge in [-0.1, -0.05) is 18.3 Å². The van der Waals surface area contributed by atoms with E-state index < -0.39 is 0 Å². The lowest BCUT2D eigenvalue weighted by molar-refractivity contribution is -0.120. The molecule has 1 aliphatic carbocycles. The molecular formula is C16H21N3OS2. The number of anilines is 1. The summed E-state index contributed by atoms with van der Waals surface area (Å²) in [7, 11) is 0. The predicted molar refractivity (Wildman–Crippen MR) is 94.7 cm³/mol. The summed E-state index contributed by atoms with van der Waals surface area (Å²) in [6.07, 6.45) is 4.28. The van der Waals surface area contributed by atoms with Crippen molar-refractivity contribution in [2.45, 2.75) is 44.8 Å². The van der Waals surface area contributed by atoms with Gasteiger partial charge in [-0.05, 0) is 50.5 Å². The summed E-state index contributed by atoms with van der Waals surface area (Å²) < 4.78 is 0. The first-order valence-corrected chi connectivity index (χ1v) is 9.69. The van der Waals surface area contributed by atoms with Crippen molar-refractivity contribution < 1.29 is 4.79 Å². The van der Waals surface area contributed by atoms with E-state index in [0.717, 1.165) is 47.0 Å². The molecule has 2 aromatic heterocycles. The Morgan fingerprint density at radius 2 is 2.09 bits per heavy atom. The summed E-state index contributed by atoms with van der Waals surface area (Å²) >= 11 is 3.48. The van der Waals surface area contributed by atoms with Crippen molar-refractivity contribution in [2.75, 3.05) is 11.1 Å². The van der Waals surface area contributed by atoms with Crippen LogP contribution in [0.4, 0.5) is 5.13 Å². The van der Waals surface area contributed by atoms with Crippen LogP contribution in [0.5, 0.6) is 0 Å². The SMILES string of the molecule is CCSC1CCC(C(=O)Nc2nc3ccc(C)nc3s2)CC1. The van der Waals surface area contributed by atoms with Gasteiger partial charge in [-0.15, -0.1) is 0 Å². The molecule has 2 aromatic rings. The van der Waals surface area contributed by atoms with E-state index in [0.29, 0.717) is 5.13 Å². The third-order valence-electron chi connectivity index (χ3n) is 4.07. The molecule has 0 bridgehead atoms. The maximum atomic E-state index is 12.4. The Morgan fingerprint density at radius 1 is 1.32 bits per heavy atom. The molecule has 0 aromatic carbocycles. The molecule has 0 radical (unpaired) electrons. The number of amides is 1. The molecule has 1 fully saturated rings. The van der Waals surface area contributed by atoms with E-state index in [2.05, 4.69) is 22.2 Å². The zero-order valence-corrected chi connectivity index (χ0v) is 14.6. The van der Waals surface area contributed by atoms with Gasteiger partial charge in [-0.2, -0.15) is 11.8 Å². The zero-order chi connectivity index (χ0) is 15.5. The predicted octanol–water partition coefficient (Wildman–Crippen LogP) is 4.25. The van der Waals surface area contributed by atoms with Crippen molar-refractivity contribution in [3.8, 4) is 0 Å². The lowest BCUT2D eigenvalue weighted by atomic mass is 9.88. The van der Waals surface area contributed by atoms with E-state index in [4.69, 9.17) is 0 Å². The molecule has 1 N–H and O–H groups in total. The van der Waals surface area contributed by atoms with Gasteiger partial charge in [0.15, 0.2) is 5.13 Å². The number of pyridine rings is 1. The lowest BCUT2D eigenvalue weighted by Crippen LogP contribution is -2.28. The fraction of sp³-hybridized carbons (Fsp3) is 0.562. The van der Waals surface area contributed by atoms with Gasteiger partial charge in [0, 0.05) is 16.9 Å². The van der Waals surface area contributed by atoms with Crippen LogP contribution in [0.2, 0.25) is 0 Å². The minimum Gasteiger partial charge on any atom is -0.302 e. The third-order valence-corrected chi connectivity index (χ3v) is 6.23. The third kappa shape index (κ3) is 3.60. The highest BCUT2D eigenvalue weighted by atomic mass is 32.2. The molecule has 0 atom stereocenters. The van der Waals surface area contributed by atoms with Crippen molar-refractivity contribution in [3.05, 3.63) is 17.8 Å². The largest absolute Gasteiger partial charge is 0.302 e. The molecule has 3 rings (SSSR count). The number of carbonyl (C=O) groups excluding carboxylic acids is 1. The van der Waals surface area contributed by atoms with Gasteiger partial charge < -0.3 is 5.32 Å². The van der Waals surface area contributed by atoms with E-state index in [9.17, 15) is 4.79 Å². The average Bonchev–Trinajstić information content (AvgIpc) is 2.89. The number of rotatable bonds is 4. The average molecular weight is 335 g/mol. The fourth-order valence-electron chi connectivity index (χ4n) is 2.90. The maximum absolute atomic E-state index is 12.4. The first kappa shape index (κ1) is 15.7. The van der Waals surface area contributed by atoms with Crippen LogP contribution in [0, 0.1) is 12.8 Å².